The molecule has 2 aliphatic rings. The van der Waals surface area contributed by atoms with Crippen LogP contribution >= 0.6 is 0 Å². The van der Waals surface area contributed by atoms with Crippen LogP contribution < -0.4 is 5.32 Å². The maximum atomic E-state index is 12.1. The van der Waals surface area contributed by atoms with E-state index in [1.807, 2.05) is 6.92 Å². The number of hydrogen-bond donors (Lipinski definition) is 2. The molecule has 4 heteroatoms. The van der Waals surface area contributed by atoms with Gasteiger partial charge in [-0.1, -0.05) is 19.3 Å². The molecular weight excluding hydrogens is 216 g/mol. The second kappa shape index (κ2) is 5.83. The van der Waals surface area contributed by atoms with Crippen molar-refractivity contribution in [2.45, 2.75) is 63.6 Å². The van der Waals surface area contributed by atoms with Crippen molar-refractivity contribution >= 4 is 5.91 Å². The molecule has 1 aliphatic carbocycles. The summed E-state index contributed by atoms with van der Waals surface area (Å²) in [7, 11) is 0. The zero-order valence-electron chi connectivity index (χ0n) is 10.7. The molecule has 0 bridgehead atoms. The van der Waals surface area contributed by atoms with Gasteiger partial charge in [0, 0.05) is 19.1 Å². The predicted octanol–water partition coefficient (Wildman–Crippen LogP) is 0.890. The highest BCUT2D eigenvalue weighted by Crippen LogP contribution is 2.18. The van der Waals surface area contributed by atoms with Gasteiger partial charge in [0.15, 0.2) is 0 Å². The summed E-state index contributed by atoms with van der Waals surface area (Å²) < 4.78 is 0. The number of hydrogen-bond acceptors (Lipinski definition) is 3. The fourth-order valence-electron chi connectivity index (χ4n) is 2.85. The Hall–Kier alpha value is -0.610. The van der Waals surface area contributed by atoms with E-state index in [0.29, 0.717) is 12.6 Å². The van der Waals surface area contributed by atoms with Gasteiger partial charge in [-0.15, -0.1) is 0 Å². The smallest absolute Gasteiger partial charge is 0.237 e. The van der Waals surface area contributed by atoms with E-state index in [1.165, 1.54) is 19.3 Å². The second-order valence-electron chi connectivity index (χ2n) is 5.46. The maximum absolute atomic E-state index is 12.1. The highest BCUT2D eigenvalue weighted by molar-refractivity contribution is 5.81. The van der Waals surface area contributed by atoms with E-state index in [4.69, 9.17) is 0 Å². The number of carbonyl (C=O) groups excluding carboxylic acids is 1. The molecule has 0 aromatic heterocycles. The first kappa shape index (κ1) is 12.8. The van der Waals surface area contributed by atoms with Gasteiger partial charge in [0.25, 0.3) is 0 Å². The van der Waals surface area contributed by atoms with E-state index in [9.17, 15) is 9.90 Å². The van der Waals surface area contributed by atoms with Gasteiger partial charge in [0.1, 0.15) is 0 Å². The predicted molar refractivity (Wildman–Crippen MR) is 66.7 cm³/mol. The van der Waals surface area contributed by atoms with Crippen molar-refractivity contribution in [3.8, 4) is 0 Å². The largest absolute Gasteiger partial charge is 0.392 e. The molecule has 1 saturated heterocycles. The number of carbonyl (C=O) groups is 1. The number of rotatable bonds is 3. The quantitative estimate of drug-likeness (QED) is 0.770. The lowest BCUT2D eigenvalue weighted by Gasteiger charge is -2.28. The third-order valence-electron chi connectivity index (χ3n) is 4.07. The summed E-state index contributed by atoms with van der Waals surface area (Å²) in [5, 5.41) is 12.6. The molecule has 2 N–H and O–H groups in total. The molecule has 1 saturated carbocycles. The summed E-state index contributed by atoms with van der Waals surface area (Å²) in [6.07, 6.45) is 6.58. The minimum atomic E-state index is -0.250. The molecule has 1 heterocycles. The van der Waals surface area contributed by atoms with E-state index in [1.54, 1.807) is 0 Å². The van der Waals surface area contributed by atoms with Gasteiger partial charge in [0.2, 0.25) is 5.91 Å². The molecule has 2 atom stereocenters. The van der Waals surface area contributed by atoms with E-state index >= 15 is 0 Å². The Balaban J connectivity index is 1.78. The van der Waals surface area contributed by atoms with Gasteiger partial charge in [-0.2, -0.15) is 0 Å². The van der Waals surface area contributed by atoms with Gasteiger partial charge in [-0.25, -0.2) is 0 Å². The number of likely N-dealkylation sites (tertiary alicyclic amines) is 1. The lowest BCUT2D eigenvalue weighted by Crippen LogP contribution is -2.48. The van der Waals surface area contributed by atoms with Crippen LogP contribution in [0.4, 0.5) is 0 Å². The molecule has 1 unspecified atom stereocenters. The van der Waals surface area contributed by atoms with Crippen molar-refractivity contribution in [3.05, 3.63) is 0 Å². The lowest BCUT2D eigenvalue weighted by atomic mass is 9.95. The van der Waals surface area contributed by atoms with Crippen molar-refractivity contribution in [3.63, 3.8) is 0 Å². The van der Waals surface area contributed by atoms with E-state index in [2.05, 4.69) is 10.2 Å². The zero-order chi connectivity index (χ0) is 12.3. The van der Waals surface area contributed by atoms with Crippen LogP contribution in [0.3, 0.4) is 0 Å². The number of aliphatic hydroxyl groups excluding tert-OH is 1. The number of β-amino-alcohol motifs (C(OH)–C–C–N with tert-alkyl or cyclic N) is 1. The van der Waals surface area contributed by atoms with E-state index in [-0.39, 0.29) is 18.1 Å². The van der Waals surface area contributed by atoms with Crippen LogP contribution in [-0.2, 0) is 4.79 Å². The standard InChI is InChI=1S/C13H24N2O2/c1-10(15-8-7-12(16)9-15)13(17)14-11-5-3-2-4-6-11/h10-12,16H,2-9H2,1H3,(H,14,17)/t10?,12-/m0/s1. The normalized spacial score (nSPS) is 29.2. The van der Waals surface area contributed by atoms with Gasteiger partial charge in [-0.05, 0) is 26.2 Å². The van der Waals surface area contributed by atoms with Crippen molar-refractivity contribution in [1.82, 2.24) is 10.2 Å². The average Bonchev–Trinajstić information content (AvgIpc) is 2.76. The SMILES string of the molecule is CC(C(=O)NC1CCCCC1)N1CC[C@H](O)C1. The first-order valence-corrected chi connectivity index (χ1v) is 6.89. The lowest BCUT2D eigenvalue weighted by molar-refractivity contribution is -0.126. The van der Waals surface area contributed by atoms with Crippen molar-refractivity contribution in [2.75, 3.05) is 13.1 Å². The van der Waals surface area contributed by atoms with Crippen LogP contribution in [0.15, 0.2) is 0 Å². The zero-order valence-corrected chi connectivity index (χ0v) is 10.7. The minimum Gasteiger partial charge on any atom is -0.392 e. The molecule has 2 rings (SSSR count). The average molecular weight is 240 g/mol. The third-order valence-corrected chi connectivity index (χ3v) is 4.07. The fourth-order valence-corrected chi connectivity index (χ4v) is 2.85. The van der Waals surface area contributed by atoms with Crippen LogP contribution in [0.1, 0.15) is 45.4 Å². The summed E-state index contributed by atoms with van der Waals surface area (Å²) in [4.78, 5) is 14.1. The van der Waals surface area contributed by atoms with Gasteiger partial charge < -0.3 is 10.4 Å². The number of aliphatic hydroxyl groups is 1. The Morgan fingerprint density at radius 3 is 2.59 bits per heavy atom. The molecule has 17 heavy (non-hydrogen) atoms. The number of nitrogens with one attached hydrogen (secondary N) is 1. The number of nitrogens with zero attached hydrogens (tertiary/aromatic N) is 1. The van der Waals surface area contributed by atoms with Crippen LogP contribution in [0.5, 0.6) is 0 Å². The highest BCUT2D eigenvalue weighted by Gasteiger charge is 2.29. The molecule has 0 aromatic carbocycles. The minimum absolute atomic E-state index is 0.103. The molecule has 2 fully saturated rings. The number of amides is 1. The van der Waals surface area contributed by atoms with Gasteiger partial charge in [0.05, 0.1) is 12.1 Å². The van der Waals surface area contributed by atoms with E-state index in [0.717, 1.165) is 25.8 Å². The van der Waals surface area contributed by atoms with Crippen molar-refractivity contribution in [2.24, 2.45) is 0 Å². The maximum Gasteiger partial charge on any atom is 0.237 e. The molecule has 98 valence electrons. The first-order valence-electron chi connectivity index (χ1n) is 6.89. The Bertz CT molecular complexity index is 264. The van der Waals surface area contributed by atoms with Crippen LogP contribution in [0.25, 0.3) is 0 Å². The summed E-state index contributed by atoms with van der Waals surface area (Å²) in [6.45, 7) is 3.41. The van der Waals surface area contributed by atoms with Crippen LogP contribution in [0, 0.1) is 0 Å². The third kappa shape index (κ3) is 3.42. The molecule has 4 nitrogen and oxygen atoms in total. The van der Waals surface area contributed by atoms with Gasteiger partial charge in [-0.3, -0.25) is 9.69 Å². The Morgan fingerprint density at radius 2 is 2.00 bits per heavy atom. The van der Waals surface area contributed by atoms with E-state index < -0.39 is 0 Å². The summed E-state index contributed by atoms with van der Waals surface area (Å²) in [6, 6.07) is 0.278. The molecule has 0 spiro atoms. The summed E-state index contributed by atoms with van der Waals surface area (Å²) >= 11 is 0. The molecule has 1 aliphatic heterocycles. The van der Waals surface area contributed by atoms with Crippen molar-refractivity contribution in [1.29, 1.82) is 0 Å². The highest BCUT2D eigenvalue weighted by atomic mass is 16.3. The van der Waals surface area contributed by atoms with Crippen molar-refractivity contribution < 1.29 is 9.90 Å². The Kier molecular flexibility index (Phi) is 4.40. The van der Waals surface area contributed by atoms with Crippen LogP contribution in [-0.4, -0.2) is 47.2 Å². The molecule has 1 amide bonds. The molecule has 0 aromatic rings. The monoisotopic (exact) mass is 240 g/mol. The summed E-state index contributed by atoms with van der Waals surface area (Å²) in [5.41, 5.74) is 0. The van der Waals surface area contributed by atoms with Crippen LogP contribution in [0.2, 0.25) is 0 Å². The topological polar surface area (TPSA) is 52.6 Å². The Labute approximate surface area is 103 Å². The summed E-state index contributed by atoms with van der Waals surface area (Å²) in [5.74, 6) is 0.131. The first-order chi connectivity index (χ1) is 8.16. The van der Waals surface area contributed by atoms with Gasteiger partial charge >= 0.3 is 0 Å². The molecular formula is C13H24N2O2. The second-order valence-corrected chi connectivity index (χ2v) is 5.46. The molecule has 0 radical (unpaired) electrons. The Morgan fingerprint density at radius 1 is 1.29 bits per heavy atom. The fraction of sp³-hybridized carbons (Fsp3) is 0.923.